The predicted molar refractivity (Wildman–Crippen MR) is 113 cm³/mol. The second-order valence-corrected chi connectivity index (χ2v) is 9.83. The van der Waals surface area contributed by atoms with Crippen molar-refractivity contribution in [3.63, 3.8) is 0 Å². The maximum Gasteiger partial charge on any atom is 0.451 e. The highest BCUT2D eigenvalue weighted by Crippen LogP contribution is 2.38. The van der Waals surface area contributed by atoms with Gasteiger partial charge >= 0.3 is 6.18 Å². The summed E-state index contributed by atoms with van der Waals surface area (Å²) in [6, 6.07) is 5.88. The summed E-state index contributed by atoms with van der Waals surface area (Å²) in [5.41, 5.74) is 0. The molecule has 0 atom stereocenters. The van der Waals surface area contributed by atoms with Gasteiger partial charge in [-0.1, -0.05) is 33.6 Å². The van der Waals surface area contributed by atoms with Crippen LogP contribution in [0.1, 0.15) is 9.67 Å². The minimum atomic E-state index is -4.78. The van der Waals surface area contributed by atoms with E-state index in [4.69, 9.17) is 11.6 Å². The first-order valence-electron chi connectivity index (χ1n) is 9.36. The zero-order valence-corrected chi connectivity index (χ0v) is 18.9. The lowest BCUT2D eigenvalue weighted by molar-refractivity contribution is -0.172. The molecule has 4 rings (SSSR count). The molecule has 1 amide bonds. The Morgan fingerprint density at radius 3 is 2.47 bits per heavy atom. The molecule has 2 saturated heterocycles. The van der Waals surface area contributed by atoms with Crippen molar-refractivity contribution in [2.45, 2.75) is 12.2 Å². The average Bonchev–Trinajstić information content (AvgIpc) is 2.97. The molecule has 0 aliphatic carbocycles. The van der Waals surface area contributed by atoms with Gasteiger partial charge in [0.25, 0.3) is 5.91 Å². The van der Waals surface area contributed by atoms with E-state index in [1.54, 1.807) is 4.90 Å². The Hall–Kier alpha value is -1.20. The van der Waals surface area contributed by atoms with Gasteiger partial charge in [0, 0.05) is 59.9 Å². The number of halogens is 5. The Morgan fingerprint density at radius 2 is 1.83 bits per heavy atom. The fraction of sp³-hybridized carbons (Fsp3) is 0.474. The van der Waals surface area contributed by atoms with Crippen molar-refractivity contribution in [2.24, 2.45) is 0 Å². The van der Waals surface area contributed by atoms with Crippen LogP contribution in [0.25, 0.3) is 10.1 Å². The number of ketones is 1. The van der Waals surface area contributed by atoms with Crippen LogP contribution in [-0.2, 0) is 4.79 Å². The molecule has 3 heterocycles. The van der Waals surface area contributed by atoms with Crippen LogP contribution in [0.3, 0.4) is 0 Å². The normalized spacial score (nSPS) is 19.3. The van der Waals surface area contributed by atoms with Crippen molar-refractivity contribution >= 4 is 60.6 Å². The van der Waals surface area contributed by atoms with Crippen LogP contribution in [0.4, 0.5) is 13.2 Å². The predicted octanol–water partition coefficient (Wildman–Crippen LogP) is 3.89. The third-order valence-corrected chi connectivity index (χ3v) is 7.68. The first kappa shape index (κ1) is 22.0. The Balaban J connectivity index is 1.30. The summed E-state index contributed by atoms with van der Waals surface area (Å²) in [5, 5.41) is 1.33. The van der Waals surface area contributed by atoms with E-state index in [9.17, 15) is 22.8 Å². The summed E-state index contributed by atoms with van der Waals surface area (Å²) in [7, 11) is 0. The number of nitrogens with zero attached hydrogens (tertiary/aromatic N) is 3. The fourth-order valence-corrected chi connectivity index (χ4v) is 5.78. The van der Waals surface area contributed by atoms with Crippen molar-refractivity contribution in [3.05, 3.63) is 32.6 Å². The highest BCUT2D eigenvalue weighted by Gasteiger charge is 2.41. The van der Waals surface area contributed by atoms with Gasteiger partial charge < -0.3 is 4.90 Å². The molecule has 2 fully saturated rings. The highest BCUT2D eigenvalue weighted by atomic mass is 79.9. The number of carbonyl (C=O) groups excluding carboxylic acids is 2. The summed E-state index contributed by atoms with van der Waals surface area (Å²) in [6.45, 7) is 2.51. The number of likely N-dealkylation sites (tertiary alicyclic amines) is 1. The van der Waals surface area contributed by atoms with Crippen LogP contribution in [0.15, 0.2) is 22.7 Å². The summed E-state index contributed by atoms with van der Waals surface area (Å²) in [4.78, 5) is 30.0. The Morgan fingerprint density at radius 1 is 1.17 bits per heavy atom. The first-order chi connectivity index (χ1) is 14.1. The van der Waals surface area contributed by atoms with Crippen molar-refractivity contribution in [2.75, 3.05) is 45.8 Å². The number of piperazine rings is 1. The Kier molecular flexibility index (Phi) is 6.15. The summed E-state index contributed by atoms with van der Waals surface area (Å²) in [6.07, 6.45) is -4.78. The van der Waals surface area contributed by atoms with Gasteiger partial charge in [-0.05, 0) is 12.1 Å². The number of thiophene rings is 1. The van der Waals surface area contributed by atoms with E-state index in [0.717, 1.165) is 14.6 Å². The third kappa shape index (κ3) is 4.38. The molecular weight excluding hydrogens is 507 g/mol. The molecule has 0 saturated carbocycles. The zero-order valence-electron chi connectivity index (χ0n) is 15.7. The molecule has 2 aliphatic heterocycles. The minimum Gasteiger partial charge on any atom is -0.335 e. The lowest BCUT2D eigenvalue weighted by Gasteiger charge is -2.48. The van der Waals surface area contributed by atoms with E-state index in [2.05, 4.69) is 20.8 Å². The molecule has 2 aliphatic rings. The topological polar surface area (TPSA) is 43.9 Å². The number of amides is 1. The summed E-state index contributed by atoms with van der Waals surface area (Å²) >= 11 is 11.2. The lowest BCUT2D eigenvalue weighted by atomic mass is 10.1. The number of hydrogen-bond donors (Lipinski definition) is 0. The molecule has 0 radical (unpaired) electrons. The van der Waals surface area contributed by atoms with Crippen LogP contribution in [0.2, 0.25) is 5.02 Å². The Labute approximate surface area is 188 Å². The average molecular weight is 525 g/mol. The quantitative estimate of drug-likeness (QED) is 0.609. The van der Waals surface area contributed by atoms with Gasteiger partial charge in [0.15, 0.2) is 0 Å². The van der Waals surface area contributed by atoms with Gasteiger partial charge in [-0.2, -0.15) is 13.2 Å². The van der Waals surface area contributed by atoms with Gasteiger partial charge in [-0.25, -0.2) is 0 Å². The molecular formula is C19H18BrClF3N3O2S. The van der Waals surface area contributed by atoms with Gasteiger partial charge in [-0.3, -0.25) is 19.4 Å². The molecule has 30 heavy (non-hydrogen) atoms. The Bertz CT molecular complexity index is 985. The van der Waals surface area contributed by atoms with E-state index < -0.39 is 18.5 Å². The lowest BCUT2D eigenvalue weighted by Crippen LogP contribution is -2.64. The van der Waals surface area contributed by atoms with Crippen LogP contribution in [0.5, 0.6) is 0 Å². The molecule has 1 aromatic carbocycles. The molecule has 0 N–H and O–H groups in total. The van der Waals surface area contributed by atoms with Crippen LogP contribution < -0.4 is 0 Å². The van der Waals surface area contributed by atoms with E-state index in [1.807, 2.05) is 18.2 Å². The zero-order chi connectivity index (χ0) is 21.6. The molecule has 11 heteroatoms. The number of fused-ring (bicyclic) bond motifs is 1. The van der Waals surface area contributed by atoms with Gasteiger partial charge in [0.1, 0.15) is 4.88 Å². The van der Waals surface area contributed by atoms with Crippen LogP contribution >= 0.6 is 38.9 Å². The van der Waals surface area contributed by atoms with Crippen molar-refractivity contribution < 1.29 is 22.8 Å². The standard InChI is InChI=1S/C19H18BrClF3N3O2S/c20-11-1-2-13-14(7-11)30-17(16(13)21)18(29)27-8-12(9-27)26-5-3-25(4-6-26)10-15(28)19(22,23)24/h1-2,7,12H,3-6,8-10H2. The number of hydrogen-bond acceptors (Lipinski definition) is 5. The molecule has 162 valence electrons. The molecule has 1 aromatic heterocycles. The SMILES string of the molecule is O=C(c1sc2cc(Br)ccc2c1Cl)N1CC(N2CCN(CC(=O)C(F)(F)F)CC2)C1. The van der Waals surface area contributed by atoms with E-state index in [0.29, 0.717) is 49.2 Å². The molecule has 2 aromatic rings. The van der Waals surface area contributed by atoms with Gasteiger partial charge in [0.2, 0.25) is 5.78 Å². The van der Waals surface area contributed by atoms with Crippen molar-refractivity contribution in [3.8, 4) is 0 Å². The number of benzene rings is 1. The second-order valence-electron chi connectivity index (χ2n) is 7.48. The molecule has 0 spiro atoms. The van der Waals surface area contributed by atoms with E-state index >= 15 is 0 Å². The molecule has 0 unspecified atom stereocenters. The van der Waals surface area contributed by atoms with Crippen molar-refractivity contribution in [1.29, 1.82) is 0 Å². The van der Waals surface area contributed by atoms with E-state index in [1.165, 1.54) is 16.2 Å². The maximum atomic E-state index is 12.9. The highest BCUT2D eigenvalue weighted by molar-refractivity contribution is 9.10. The van der Waals surface area contributed by atoms with Crippen LogP contribution in [-0.4, -0.2) is 84.4 Å². The van der Waals surface area contributed by atoms with Crippen molar-refractivity contribution in [1.82, 2.24) is 14.7 Å². The number of rotatable bonds is 4. The number of carbonyl (C=O) groups is 2. The monoisotopic (exact) mass is 523 g/mol. The second kappa shape index (κ2) is 8.38. The largest absolute Gasteiger partial charge is 0.451 e. The summed E-state index contributed by atoms with van der Waals surface area (Å²) < 4.78 is 39.1. The third-order valence-electron chi connectivity index (χ3n) is 5.54. The maximum absolute atomic E-state index is 12.9. The fourth-order valence-electron chi connectivity index (χ4n) is 3.75. The summed E-state index contributed by atoms with van der Waals surface area (Å²) in [5.74, 6) is -1.80. The minimum absolute atomic E-state index is 0.0945. The number of Topliss-reactive ketones (excluding diaryl/α,β-unsaturated/α-hetero) is 1. The molecule has 5 nitrogen and oxygen atoms in total. The molecule has 0 bridgehead atoms. The van der Waals surface area contributed by atoms with E-state index in [-0.39, 0.29) is 11.9 Å². The van der Waals surface area contributed by atoms with Gasteiger partial charge in [-0.15, -0.1) is 11.3 Å². The van der Waals surface area contributed by atoms with Crippen LogP contribution in [0, 0.1) is 0 Å². The van der Waals surface area contributed by atoms with Gasteiger partial charge in [0.05, 0.1) is 11.6 Å². The number of alkyl halides is 3. The first-order valence-corrected chi connectivity index (χ1v) is 11.4. The smallest absolute Gasteiger partial charge is 0.335 e.